The first-order chi connectivity index (χ1) is 8.83. The number of hydrogen-bond acceptors (Lipinski definition) is 3. The van der Waals surface area contributed by atoms with Crippen molar-refractivity contribution in [2.45, 2.75) is 13.3 Å². The molecule has 0 aliphatic carbocycles. The molecule has 4 nitrogen and oxygen atoms in total. The maximum absolute atomic E-state index is 11.5. The molecule has 0 bridgehead atoms. The topological polar surface area (TPSA) is 72.4 Å². The highest BCUT2D eigenvalue weighted by molar-refractivity contribution is 7.80. The van der Waals surface area contributed by atoms with Gasteiger partial charge in [-0.15, -0.1) is 0 Å². The highest BCUT2D eigenvalue weighted by Crippen LogP contribution is 2.36. The Morgan fingerprint density at radius 3 is 2.63 bits per heavy atom. The predicted molar refractivity (Wildman–Crippen MR) is 81.5 cm³/mol. The Balaban J connectivity index is 2.25. The number of thiocarbonyl (C=S) groups is 1. The molecular formula is C13H16ClN3OS. The van der Waals surface area contributed by atoms with Crippen LogP contribution in [0.15, 0.2) is 18.2 Å². The van der Waals surface area contributed by atoms with Crippen LogP contribution < -0.4 is 16.4 Å². The first kappa shape index (κ1) is 14.1. The number of carbonyl (C=O) groups is 1. The van der Waals surface area contributed by atoms with Gasteiger partial charge in [-0.3, -0.25) is 4.79 Å². The Morgan fingerprint density at radius 1 is 1.47 bits per heavy atom. The van der Waals surface area contributed by atoms with Crippen molar-refractivity contribution in [2.24, 2.45) is 16.9 Å². The van der Waals surface area contributed by atoms with Gasteiger partial charge in [-0.25, -0.2) is 0 Å². The second-order valence-corrected chi connectivity index (χ2v) is 5.97. The molecule has 19 heavy (non-hydrogen) atoms. The Bertz CT molecular complexity index is 549. The molecule has 1 amide bonds. The molecular weight excluding hydrogens is 282 g/mol. The molecule has 1 aliphatic heterocycles. The number of benzene rings is 1. The van der Waals surface area contributed by atoms with E-state index < -0.39 is 5.41 Å². The number of carbonyl (C=O) groups excluding carboxylic acids is 1. The zero-order chi connectivity index (χ0) is 14.2. The quantitative estimate of drug-likeness (QED) is 0.833. The van der Waals surface area contributed by atoms with Gasteiger partial charge in [0, 0.05) is 18.7 Å². The normalized spacial score (nSPS) is 22.5. The monoisotopic (exact) mass is 297 g/mol. The van der Waals surface area contributed by atoms with Gasteiger partial charge in [0.1, 0.15) is 4.99 Å². The van der Waals surface area contributed by atoms with E-state index in [4.69, 9.17) is 35.3 Å². The summed E-state index contributed by atoms with van der Waals surface area (Å²) in [6.45, 7) is 3.21. The van der Waals surface area contributed by atoms with E-state index in [1.54, 1.807) is 6.07 Å². The van der Waals surface area contributed by atoms with E-state index >= 15 is 0 Å². The molecule has 1 heterocycles. The molecule has 1 unspecified atom stereocenters. The van der Waals surface area contributed by atoms with Crippen LogP contribution in [0.5, 0.6) is 0 Å². The van der Waals surface area contributed by atoms with E-state index in [0.717, 1.165) is 24.2 Å². The molecule has 1 fully saturated rings. The zero-order valence-corrected chi connectivity index (χ0v) is 12.2. The summed E-state index contributed by atoms with van der Waals surface area (Å²) in [7, 11) is 0. The molecule has 1 atom stereocenters. The van der Waals surface area contributed by atoms with E-state index in [9.17, 15) is 4.79 Å². The van der Waals surface area contributed by atoms with E-state index in [-0.39, 0.29) is 5.91 Å². The molecule has 6 heteroatoms. The van der Waals surface area contributed by atoms with Crippen LogP contribution in [0.3, 0.4) is 0 Å². The lowest BCUT2D eigenvalue weighted by Gasteiger charge is -2.23. The van der Waals surface area contributed by atoms with Crippen LogP contribution >= 0.6 is 23.8 Å². The van der Waals surface area contributed by atoms with Gasteiger partial charge < -0.3 is 16.4 Å². The van der Waals surface area contributed by atoms with E-state index in [2.05, 4.69) is 4.90 Å². The number of nitrogens with two attached hydrogens (primary N) is 2. The van der Waals surface area contributed by atoms with Crippen molar-refractivity contribution in [3.8, 4) is 0 Å². The lowest BCUT2D eigenvalue weighted by atomic mass is 9.89. The van der Waals surface area contributed by atoms with Crippen molar-refractivity contribution >= 4 is 40.4 Å². The standard InChI is InChI=1S/C13H16ClN3OS/c1-13(12(16)18)4-5-17(7-13)10-3-2-8(11(15)19)6-9(10)14/h2-3,6H,4-5,7H2,1H3,(H2,15,19)(H2,16,18). The van der Waals surface area contributed by atoms with E-state index in [1.165, 1.54) is 0 Å². The smallest absolute Gasteiger partial charge is 0.225 e. The number of halogens is 1. The van der Waals surface area contributed by atoms with Gasteiger partial charge in [0.25, 0.3) is 0 Å². The molecule has 1 aliphatic rings. The molecule has 2 rings (SSSR count). The summed E-state index contributed by atoms with van der Waals surface area (Å²) in [5, 5.41) is 0.582. The summed E-state index contributed by atoms with van der Waals surface area (Å²) < 4.78 is 0. The molecule has 0 radical (unpaired) electrons. The van der Waals surface area contributed by atoms with Gasteiger partial charge in [-0.05, 0) is 31.5 Å². The Hall–Kier alpha value is -1.33. The fraction of sp³-hybridized carbons (Fsp3) is 0.385. The fourth-order valence-corrected chi connectivity index (χ4v) is 2.71. The molecule has 1 aromatic rings. The maximum Gasteiger partial charge on any atom is 0.225 e. The van der Waals surface area contributed by atoms with Crippen molar-refractivity contribution in [3.63, 3.8) is 0 Å². The average Bonchev–Trinajstić information content (AvgIpc) is 2.73. The van der Waals surface area contributed by atoms with Gasteiger partial charge in [0.05, 0.1) is 16.1 Å². The van der Waals surface area contributed by atoms with Gasteiger partial charge in [-0.1, -0.05) is 23.8 Å². The van der Waals surface area contributed by atoms with Crippen molar-refractivity contribution in [1.82, 2.24) is 0 Å². The van der Waals surface area contributed by atoms with Crippen LogP contribution in [0.1, 0.15) is 18.9 Å². The number of hydrogen-bond donors (Lipinski definition) is 2. The van der Waals surface area contributed by atoms with Gasteiger partial charge in [0.2, 0.25) is 5.91 Å². The third-order valence-electron chi connectivity index (χ3n) is 3.64. The van der Waals surface area contributed by atoms with Crippen LogP contribution in [0.4, 0.5) is 5.69 Å². The summed E-state index contributed by atoms with van der Waals surface area (Å²) in [5.41, 5.74) is 12.1. The zero-order valence-electron chi connectivity index (χ0n) is 10.6. The van der Waals surface area contributed by atoms with Gasteiger partial charge in [0.15, 0.2) is 0 Å². The minimum Gasteiger partial charge on any atom is -0.389 e. The second-order valence-electron chi connectivity index (χ2n) is 5.13. The molecule has 1 saturated heterocycles. The van der Waals surface area contributed by atoms with Gasteiger partial charge in [-0.2, -0.15) is 0 Å². The lowest BCUT2D eigenvalue weighted by Crippen LogP contribution is -2.37. The first-order valence-corrected chi connectivity index (χ1v) is 6.76. The van der Waals surface area contributed by atoms with Crippen molar-refractivity contribution in [3.05, 3.63) is 28.8 Å². The maximum atomic E-state index is 11.5. The number of anilines is 1. The summed E-state index contributed by atoms with van der Waals surface area (Å²) in [4.78, 5) is 13.8. The minimum absolute atomic E-state index is 0.272. The molecule has 1 aromatic carbocycles. The Labute approximate surface area is 122 Å². The molecule has 4 N–H and O–H groups in total. The van der Waals surface area contributed by atoms with Crippen LogP contribution in [0.25, 0.3) is 0 Å². The van der Waals surface area contributed by atoms with Crippen LogP contribution in [-0.2, 0) is 4.79 Å². The molecule has 0 saturated carbocycles. The third kappa shape index (κ3) is 2.67. The number of nitrogens with zero attached hydrogens (tertiary/aromatic N) is 1. The van der Waals surface area contributed by atoms with Crippen molar-refractivity contribution < 1.29 is 4.79 Å². The lowest BCUT2D eigenvalue weighted by molar-refractivity contribution is -0.125. The van der Waals surface area contributed by atoms with Crippen LogP contribution in [-0.4, -0.2) is 24.0 Å². The largest absolute Gasteiger partial charge is 0.389 e. The molecule has 0 aromatic heterocycles. The summed E-state index contributed by atoms with van der Waals surface area (Å²) in [6, 6.07) is 5.46. The van der Waals surface area contributed by atoms with Crippen molar-refractivity contribution in [1.29, 1.82) is 0 Å². The molecule has 102 valence electrons. The summed E-state index contributed by atoms with van der Waals surface area (Å²) in [6.07, 6.45) is 0.732. The second kappa shape index (κ2) is 4.98. The minimum atomic E-state index is -0.495. The molecule has 0 spiro atoms. The first-order valence-electron chi connectivity index (χ1n) is 5.98. The Kier molecular flexibility index (Phi) is 3.69. The number of primary amides is 1. The highest BCUT2D eigenvalue weighted by atomic mass is 35.5. The number of amides is 1. The summed E-state index contributed by atoms with van der Waals surface area (Å²) in [5.74, 6) is -0.272. The predicted octanol–water partition coefficient (Wildman–Crippen LogP) is 1.68. The van der Waals surface area contributed by atoms with Crippen LogP contribution in [0.2, 0.25) is 5.02 Å². The third-order valence-corrected chi connectivity index (χ3v) is 4.18. The van der Waals surface area contributed by atoms with E-state index in [1.807, 2.05) is 19.1 Å². The Morgan fingerprint density at radius 2 is 2.16 bits per heavy atom. The average molecular weight is 298 g/mol. The number of rotatable bonds is 3. The fourth-order valence-electron chi connectivity index (χ4n) is 2.28. The SMILES string of the molecule is CC1(C(N)=O)CCN(c2ccc(C(N)=S)cc2Cl)C1. The summed E-state index contributed by atoms with van der Waals surface area (Å²) >= 11 is 11.2. The van der Waals surface area contributed by atoms with Crippen molar-refractivity contribution in [2.75, 3.05) is 18.0 Å². The highest BCUT2D eigenvalue weighted by Gasteiger charge is 2.39. The van der Waals surface area contributed by atoms with Gasteiger partial charge >= 0.3 is 0 Å². The van der Waals surface area contributed by atoms with E-state index in [0.29, 0.717) is 16.6 Å². The van der Waals surface area contributed by atoms with Crippen LogP contribution in [0, 0.1) is 5.41 Å².